The van der Waals surface area contributed by atoms with Gasteiger partial charge in [0.05, 0.1) is 6.61 Å². The van der Waals surface area contributed by atoms with Crippen molar-refractivity contribution in [3.05, 3.63) is 29.8 Å². The summed E-state index contributed by atoms with van der Waals surface area (Å²) < 4.78 is 5.73. The summed E-state index contributed by atoms with van der Waals surface area (Å²) in [6, 6.07) is 8.30. The molecular formula is C13H20O. The molecule has 78 valence electrons. The Bertz CT molecular complexity index is 255. The summed E-state index contributed by atoms with van der Waals surface area (Å²) in [6.07, 6.45) is 4.71. The third-order valence-electron chi connectivity index (χ3n) is 2.36. The number of ether oxygens (including phenoxy) is 1. The van der Waals surface area contributed by atoms with Crippen molar-refractivity contribution in [1.29, 1.82) is 0 Å². The van der Waals surface area contributed by atoms with Crippen LogP contribution in [-0.4, -0.2) is 6.61 Å². The van der Waals surface area contributed by atoms with E-state index >= 15 is 0 Å². The maximum Gasteiger partial charge on any atom is 0.122 e. The van der Waals surface area contributed by atoms with E-state index in [0.29, 0.717) is 0 Å². The third-order valence-corrected chi connectivity index (χ3v) is 2.36. The highest BCUT2D eigenvalue weighted by Crippen LogP contribution is 2.18. The Morgan fingerprint density at radius 1 is 1.07 bits per heavy atom. The topological polar surface area (TPSA) is 9.23 Å². The molecule has 0 bridgehead atoms. The maximum absolute atomic E-state index is 5.73. The van der Waals surface area contributed by atoms with Crippen molar-refractivity contribution in [1.82, 2.24) is 0 Å². The van der Waals surface area contributed by atoms with Crippen molar-refractivity contribution < 1.29 is 4.74 Å². The molecule has 0 amide bonds. The lowest BCUT2D eigenvalue weighted by Gasteiger charge is -2.09. The zero-order valence-corrected chi connectivity index (χ0v) is 9.25. The summed E-state index contributed by atoms with van der Waals surface area (Å²) in [5, 5.41) is 0. The summed E-state index contributed by atoms with van der Waals surface area (Å²) in [5.74, 6) is 1.06. The highest BCUT2D eigenvalue weighted by molar-refractivity contribution is 5.33. The van der Waals surface area contributed by atoms with E-state index in [2.05, 4.69) is 32.0 Å². The van der Waals surface area contributed by atoms with Crippen molar-refractivity contribution in [2.45, 2.75) is 39.5 Å². The van der Waals surface area contributed by atoms with E-state index < -0.39 is 0 Å². The van der Waals surface area contributed by atoms with Crippen LogP contribution in [0.15, 0.2) is 24.3 Å². The minimum atomic E-state index is 0.852. The molecule has 0 aromatic heterocycles. The minimum Gasteiger partial charge on any atom is -0.493 e. The summed E-state index contributed by atoms with van der Waals surface area (Å²) >= 11 is 0. The molecule has 0 aliphatic heterocycles. The molecule has 0 radical (unpaired) electrons. The summed E-state index contributed by atoms with van der Waals surface area (Å²) in [7, 11) is 0. The Morgan fingerprint density at radius 3 is 2.57 bits per heavy atom. The monoisotopic (exact) mass is 192 g/mol. The lowest BCUT2D eigenvalue weighted by atomic mass is 10.1. The van der Waals surface area contributed by atoms with Gasteiger partial charge in [-0.25, -0.2) is 0 Å². The molecule has 0 heterocycles. The average Bonchev–Trinajstić information content (AvgIpc) is 2.25. The number of benzene rings is 1. The average molecular weight is 192 g/mol. The van der Waals surface area contributed by atoms with Crippen LogP contribution in [-0.2, 0) is 6.42 Å². The fourth-order valence-electron chi connectivity index (χ4n) is 1.47. The van der Waals surface area contributed by atoms with Gasteiger partial charge in [-0.1, -0.05) is 44.9 Å². The lowest BCUT2D eigenvalue weighted by molar-refractivity contribution is 0.303. The van der Waals surface area contributed by atoms with Gasteiger partial charge >= 0.3 is 0 Å². The van der Waals surface area contributed by atoms with Crippen LogP contribution >= 0.6 is 0 Å². The lowest BCUT2D eigenvalue weighted by Crippen LogP contribution is -1.99. The summed E-state index contributed by atoms with van der Waals surface area (Å²) in [4.78, 5) is 0. The van der Waals surface area contributed by atoms with Crippen LogP contribution in [0.25, 0.3) is 0 Å². The van der Waals surface area contributed by atoms with E-state index in [9.17, 15) is 0 Å². The smallest absolute Gasteiger partial charge is 0.122 e. The van der Waals surface area contributed by atoms with Gasteiger partial charge in [-0.3, -0.25) is 0 Å². The minimum absolute atomic E-state index is 0.852. The van der Waals surface area contributed by atoms with E-state index in [4.69, 9.17) is 4.74 Å². The molecule has 1 rings (SSSR count). The van der Waals surface area contributed by atoms with Crippen LogP contribution in [0.2, 0.25) is 0 Å². The third kappa shape index (κ3) is 3.41. The Hall–Kier alpha value is -0.980. The number of hydrogen-bond acceptors (Lipinski definition) is 1. The van der Waals surface area contributed by atoms with Gasteiger partial charge in [0.2, 0.25) is 0 Å². The van der Waals surface area contributed by atoms with Crippen molar-refractivity contribution in [2.75, 3.05) is 6.61 Å². The number of hydrogen-bond donors (Lipinski definition) is 0. The zero-order chi connectivity index (χ0) is 10.2. The first-order valence-electron chi connectivity index (χ1n) is 5.59. The Morgan fingerprint density at radius 2 is 1.86 bits per heavy atom. The number of rotatable bonds is 6. The zero-order valence-electron chi connectivity index (χ0n) is 9.25. The van der Waals surface area contributed by atoms with E-state index in [1.807, 2.05) is 6.07 Å². The molecule has 0 aliphatic rings. The van der Waals surface area contributed by atoms with Crippen molar-refractivity contribution in [3.63, 3.8) is 0 Å². The molecule has 0 saturated carbocycles. The van der Waals surface area contributed by atoms with Gasteiger partial charge in [0.15, 0.2) is 0 Å². The van der Waals surface area contributed by atoms with Gasteiger partial charge in [-0.05, 0) is 24.5 Å². The molecule has 1 aromatic carbocycles. The molecule has 0 fully saturated rings. The number of aryl methyl sites for hydroxylation is 1. The first-order valence-corrected chi connectivity index (χ1v) is 5.59. The Balaban J connectivity index is 2.41. The second-order valence-corrected chi connectivity index (χ2v) is 3.52. The van der Waals surface area contributed by atoms with E-state index in [0.717, 1.165) is 25.2 Å². The van der Waals surface area contributed by atoms with Crippen molar-refractivity contribution in [3.8, 4) is 5.75 Å². The molecule has 0 aliphatic carbocycles. The predicted molar refractivity (Wildman–Crippen MR) is 60.8 cm³/mol. The van der Waals surface area contributed by atoms with Crippen LogP contribution in [0.5, 0.6) is 5.75 Å². The Kier molecular flexibility index (Phi) is 5.13. The molecule has 1 heteroatoms. The largest absolute Gasteiger partial charge is 0.493 e. The Labute approximate surface area is 87.1 Å². The van der Waals surface area contributed by atoms with Gasteiger partial charge in [0.25, 0.3) is 0 Å². The fraction of sp³-hybridized carbons (Fsp3) is 0.538. The summed E-state index contributed by atoms with van der Waals surface area (Å²) in [6.45, 7) is 5.22. The molecule has 0 N–H and O–H groups in total. The van der Waals surface area contributed by atoms with E-state index in [1.165, 1.54) is 18.4 Å². The number of para-hydroxylation sites is 1. The second-order valence-electron chi connectivity index (χ2n) is 3.52. The molecule has 0 saturated heterocycles. The first-order chi connectivity index (χ1) is 6.88. The second kappa shape index (κ2) is 6.47. The van der Waals surface area contributed by atoms with Gasteiger partial charge < -0.3 is 4.74 Å². The fourth-order valence-corrected chi connectivity index (χ4v) is 1.47. The molecule has 0 atom stereocenters. The van der Waals surface area contributed by atoms with Crippen molar-refractivity contribution >= 4 is 0 Å². The van der Waals surface area contributed by atoms with Crippen molar-refractivity contribution in [2.24, 2.45) is 0 Å². The van der Waals surface area contributed by atoms with Crippen LogP contribution in [0.4, 0.5) is 0 Å². The summed E-state index contributed by atoms with van der Waals surface area (Å²) in [5.41, 5.74) is 1.31. The first kappa shape index (κ1) is 11.1. The van der Waals surface area contributed by atoms with E-state index in [1.54, 1.807) is 0 Å². The van der Waals surface area contributed by atoms with Gasteiger partial charge in [0.1, 0.15) is 5.75 Å². The number of unbranched alkanes of at least 4 members (excludes halogenated alkanes) is 2. The van der Waals surface area contributed by atoms with Gasteiger partial charge in [-0.2, -0.15) is 0 Å². The predicted octanol–water partition coefficient (Wildman–Crippen LogP) is 3.82. The normalized spacial score (nSPS) is 10.1. The molecule has 0 unspecified atom stereocenters. The van der Waals surface area contributed by atoms with Crippen LogP contribution < -0.4 is 4.74 Å². The molecule has 1 aromatic rings. The van der Waals surface area contributed by atoms with Crippen LogP contribution in [0, 0.1) is 0 Å². The quantitative estimate of drug-likeness (QED) is 0.623. The SMILES string of the molecule is CCCCCOc1ccccc1CC. The molecular weight excluding hydrogens is 172 g/mol. The highest BCUT2D eigenvalue weighted by Gasteiger charge is 1.99. The molecule has 0 spiro atoms. The van der Waals surface area contributed by atoms with Crippen LogP contribution in [0.1, 0.15) is 38.7 Å². The molecule has 14 heavy (non-hydrogen) atoms. The standard InChI is InChI=1S/C13H20O/c1-3-5-8-11-14-13-10-7-6-9-12(13)4-2/h6-7,9-10H,3-5,8,11H2,1-2H3. The van der Waals surface area contributed by atoms with Gasteiger partial charge in [0, 0.05) is 0 Å². The van der Waals surface area contributed by atoms with Gasteiger partial charge in [-0.15, -0.1) is 0 Å². The van der Waals surface area contributed by atoms with E-state index in [-0.39, 0.29) is 0 Å². The van der Waals surface area contributed by atoms with Crippen LogP contribution in [0.3, 0.4) is 0 Å². The molecule has 1 nitrogen and oxygen atoms in total. The highest BCUT2D eigenvalue weighted by atomic mass is 16.5. The maximum atomic E-state index is 5.73.